The van der Waals surface area contributed by atoms with Crippen molar-refractivity contribution in [3.05, 3.63) is 41.5 Å². The molecule has 22 heavy (non-hydrogen) atoms. The van der Waals surface area contributed by atoms with Crippen LogP contribution in [-0.2, 0) is 10.0 Å². The molecule has 5 nitrogen and oxygen atoms in total. The van der Waals surface area contributed by atoms with E-state index in [1.165, 1.54) is 18.4 Å². The molecule has 7 heteroatoms. The van der Waals surface area contributed by atoms with Gasteiger partial charge in [-0.3, -0.25) is 4.98 Å². The van der Waals surface area contributed by atoms with E-state index in [9.17, 15) is 8.42 Å². The lowest BCUT2D eigenvalue weighted by molar-refractivity contribution is 0.327. The zero-order chi connectivity index (χ0) is 15.7. The van der Waals surface area contributed by atoms with E-state index >= 15 is 0 Å². The molecule has 1 atom stereocenters. The Morgan fingerprint density at radius 1 is 1.36 bits per heavy atom. The van der Waals surface area contributed by atoms with Crippen molar-refractivity contribution < 1.29 is 13.2 Å². The third-order valence-corrected chi connectivity index (χ3v) is 7.18. The zero-order valence-corrected chi connectivity index (χ0v) is 14.1. The molecule has 1 saturated carbocycles. The van der Waals surface area contributed by atoms with Crippen LogP contribution < -0.4 is 4.74 Å². The van der Waals surface area contributed by atoms with Crippen LogP contribution in [0.15, 0.2) is 40.1 Å². The molecule has 0 saturated heterocycles. The molecule has 118 valence electrons. The summed E-state index contributed by atoms with van der Waals surface area (Å²) in [7, 11) is -2.11. The molecule has 0 N–H and O–H groups in total. The first kappa shape index (κ1) is 15.5. The van der Waals surface area contributed by atoms with Gasteiger partial charge in [-0.05, 0) is 43.3 Å². The second-order valence-electron chi connectivity index (χ2n) is 5.27. The second-order valence-corrected chi connectivity index (χ2v) is 8.23. The normalized spacial score (nSPS) is 16.7. The quantitative estimate of drug-likeness (QED) is 0.812. The van der Waals surface area contributed by atoms with E-state index in [2.05, 4.69) is 4.98 Å². The first-order valence-corrected chi connectivity index (χ1v) is 9.43. The lowest BCUT2D eigenvalue weighted by atomic mass is 10.2. The minimum atomic E-state index is -3.60. The van der Waals surface area contributed by atoms with Crippen molar-refractivity contribution in [1.82, 2.24) is 9.29 Å². The SMILES string of the molecule is COc1ccsc1S(=O)(=O)N(C1CC1)[C@H](C)c1ccccn1. The molecule has 0 spiro atoms. The van der Waals surface area contributed by atoms with Gasteiger partial charge in [0.25, 0.3) is 10.0 Å². The molecule has 2 aromatic rings. The fraction of sp³-hybridized carbons (Fsp3) is 0.400. The van der Waals surface area contributed by atoms with Gasteiger partial charge < -0.3 is 4.74 Å². The first-order valence-electron chi connectivity index (χ1n) is 7.11. The highest BCUT2D eigenvalue weighted by molar-refractivity contribution is 7.91. The number of rotatable bonds is 6. The summed E-state index contributed by atoms with van der Waals surface area (Å²) in [5.41, 5.74) is 0.758. The molecular formula is C15H18N2O3S2. The molecule has 0 amide bonds. The predicted octanol–water partition coefficient (Wildman–Crippen LogP) is 3.07. The van der Waals surface area contributed by atoms with Gasteiger partial charge >= 0.3 is 0 Å². The standard InChI is InChI=1S/C15H18N2O3S2/c1-11(13-5-3-4-9-16-13)17(12-6-7-12)22(18,19)15-14(20-2)8-10-21-15/h3-5,8-12H,6-7H2,1-2H3/t11-/m1/s1. The Morgan fingerprint density at radius 2 is 2.14 bits per heavy atom. The summed E-state index contributed by atoms with van der Waals surface area (Å²) in [6.07, 6.45) is 3.48. The minimum Gasteiger partial charge on any atom is -0.494 e. The summed E-state index contributed by atoms with van der Waals surface area (Å²) in [4.78, 5) is 4.31. The van der Waals surface area contributed by atoms with Crippen molar-refractivity contribution in [1.29, 1.82) is 0 Å². The number of sulfonamides is 1. The van der Waals surface area contributed by atoms with Crippen LogP contribution in [0.5, 0.6) is 5.75 Å². The zero-order valence-electron chi connectivity index (χ0n) is 12.5. The summed E-state index contributed by atoms with van der Waals surface area (Å²) in [5, 5.41) is 1.74. The van der Waals surface area contributed by atoms with E-state index < -0.39 is 10.0 Å². The molecule has 3 rings (SSSR count). The maximum Gasteiger partial charge on any atom is 0.257 e. The monoisotopic (exact) mass is 338 g/mol. The van der Waals surface area contributed by atoms with Gasteiger partial charge in [-0.25, -0.2) is 8.42 Å². The van der Waals surface area contributed by atoms with Crippen molar-refractivity contribution in [2.75, 3.05) is 7.11 Å². The molecule has 2 heterocycles. The average molecular weight is 338 g/mol. The van der Waals surface area contributed by atoms with Gasteiger partial charge in [0, 0.05) is 12.2 Å². The minimum absolute atomic E-state index is 0.0498. The Kier molecular flexibility index (Phi) is 4.20. The van der Waals surface area contributed by atoms with Gasteiger partial charge in [0.15, 0.2) is 4.21 Å². The smallest absolute Gasteiger partial charge is 0.257 e. The van der Waals surface area contributed by atoms with Gasteiger partial charge in [0.1, 0.15) is 5.75 Å². The molecule has 2 aromatic heterocycles. The highest BCUT2D eigenvalue weighted by Crippen LogP contribution is 2.42. The highest BCUT2D eigenvalue weighted by Gasteiger charge is 2.43. The number of ether oxygens (including phenoxy) is 1. The lowest BCUT2D eigenvalue weighted by Gasteiger charge is -2.27. The first-order chi connectivity index (χ1) is 10.6. The van der Waals surface area contributed by atoms with E-state index in [0.29, 0.717) is 5.75 Å². The number of aromatic nitrogens is 1. The van der Waals surface area contributed by atoms with Crippen LogP contribution in [0.2, 0.25) is 0 Å². The van der Waals surface area contributed by atoms with E-state index in [1.54, 1.807) is 21.9 Å². The molecule has 0 aliphatic heterocycles. The molecule has 1 fully saturated rings. The number of thiophene rings is 1. The number of hydrogen-bond acceptors (Lipinski definition) is 5. The Hall–Kier alpha value is -1.44. The third-order valence-electron chi connectivity index (χ3n) is 3.73. The van der Waals surface area contributed by atoms with E-state index in [0.717, 1.165) is 18.5 Å². The Bertz CT molecular complexity index is 739. The van der Waals surface area contributed by atoms with Crippen molar-refractivity contribution in [2.24, 2.45) is 0 Å². The van der Waals surface area contributed by atoms with Crippen molar-refractivity contribution in [3.8, 4) is 5.75 Å². The molecule has 1 aliphatic carbocycles. The van der Waals surface area contributed by atoms with Crippen LogP contribution in [0.3, 0.4) is 0 Å². The molecule has 0 unspecified atom stereocenters. The summed E-state index contributed by atoms with van der Waals surface area (Å²) in [6.45, 7) is 1.89. The number of pyridine rings is 1. The maximum absolute atomic E-state index is 13.1. The number of nitrogens with zero attached hydrogens (tertiary/aromatic N) is 2. The van der Waals surface area contributed by atoms with Gasteiger partial charge in [0.2, 0.25) is 0 Å². The second kappa shape index (κ2) is 5.98. The lowest BCUT2D eigenvalue weighted by Crippen LogP contribution is -2.35. The van der Waals surface area contributed by atoms with Crippen LogP contribution in [-0.4, -0.2) is 30.9 Å². The Morgan fingerprint density at radius 3 is 2.73 bits per heavy atom. The van der Waals surface area contributed by atoms with E-state index in [1.807, 2.05) is 25.1 Å². The maximum atomic E-state index is 13.1. The molecule has 1 aliphatic rings. The third kappa shape index (κ3) is 2.76. The van der Waals surface area contributed by atoms with Crippen LogP contribution in [0.25, 0.3) is 0 Å². The van der Waals surface area contributed by atoms with Crippen LogP contribution in [0, 0.1) is 0 Å². The van der Waals surface area contributed by atoms with E-state index in [4.69, 9.17) is 4.74 Å². The van der Waals surface area contributed by atoms with Crippen LogP contribution >= 0.6 is 11.3 Å². The Balaban J connectivity index is 2.01. The Labute approximate surface area is 134 Å². The largest absolute Gasteiger partial charge is 0.494 e. The molecule has 0 aromatic carbocycles. The molecule has 0 bridgehead atoms. The fourth-order valence-corrected chi connectivity index (χ4v) is 5.74. The van der Waals surface area contributed by atoms with Crippen LogP contribution in [0.1, 0.15) is 31.5 Å². The highest BCUT2D eigenvalue weighted by atomic mass is 32.2. The van der Waals surface area contributed by atoms with E-state index in [-0.39, 0.29) is 16.3 Å². The predicted molar refractivity (Wildman–Crippen MR) is 85.6 cm³/mol. The topological polar surface area (TPSA) is 59.5 Å². The number of methoxy groups -OCH3 is 1. The van der Waals surface area contributed by atoms with Crippen LogP contribution in [0.4, 0.5) is 0 Å². The molecular weight excluding hydrogens is 320 g/mol. The van der Waals surface area contributed by atoms with Crippen molar-refractivity contribution in [2.45, 2.75) is 36.1 Å². The van der Waals surface area contributed by atoms with Gasteiger partial charge in [-0.2, -0.15) is 4.31 Å². The van der Waals surface area contributed by atoms with Crippen molar-refractivity contribution >= 4 is 21.4 Å². The van der Waals surface area contributed by atoms with Gasteiger partial charge in [0.05, 0.1) is 18.8 Å². The fourth-order valence-electron chi connectivity index (χ4n) is 2.52. The van der Waals surface area contributed by atoms with Gasteiger partial charge in [-0.15, -0.1) is 11.3 Å². The number of hydrogen-bond donors (Lipinski definition) is 0. The average Bonchev–Trinajstić information content (AvgIpc) is 3.21. The summed E-state index contributed by atoms with van der Waals surface area (Å²) in [6, 6.07) is 7.01. The van der Waals surface area contributed by atoms with Gasteiger partial charge in [-0.1, -0.05) is 6.07 Å². The molecule has 0 radical (unpaired) electrons. The summed E-state index contributed by atoms with van der Waals surface area (Å²) in [5.74, 6) is 0.406. The van der Waals surface area contributed by atoms with Crippen molar-refractivity contribution in [3.63, 3.8) is 0 Å². The summed E-state index contributed by atoms with van der Waals surface area (Å²) < 4.78 is 33.2. The summed E-state index contributed by atoms with van der Waals surface area (Å²) >= 11 is 1.19.